The molecule has 98 valence electrons. The fourth-order valence-corrected chi connectivity index (χ4v) is 1.43. The Morgan fingerprint density at radius 3 is 2.76 bits per heavy atom. The average Bonchev–Trinajstić information content (AvgIpc) is 2.75. The molecule has 0 aliphatic rings. The second-order valence-electron chi connectivity index (χ2n) is 3.60. The first-order valence-corrected chi connectivity index (χ1v) is 5.44. The van der Waals surface area contributed by atoms with E-state index >= 15 is 0 Å². The third-order valence-electron chi connectivity index (χ3n) is 2.20. The van der Waals surface area contributed by atoms with E-state index < -0.39 is 12.8 Å². The summed E-state index contributed by atoms with van der Waals surface area (Å²) in [6, 6.07) is 3.62. The van der Waals surface area contributed by atoms with Gasteiger partial charge in [-0.1, -0.05) is 6.92 Å². The first kappa shape index (κ1) is 14.1. The molecule has 1 aromatic rings. The Bertz CT molecular complexity index is 298. The molecule has 1 unspecified atom stereocenters. The van der Waals surface area contributed by atoms with Gasteiger partial charge in [-0.15, -0.1) is 0 Å². The lowest BCUT2D eigenvalue weighted by Crippen LogP contribution is -2.26. The number of hydrogen-bond donors (Lipinski definition) is 1. The first-order chi connectivity index (χ1) is 8.03. The average molecular weight is 251 g/mol. The van der Waals surface area contributed by atoms with E-state index in [1.807, 2.05) is 13.0 Å². The molecule has 0 spiro atoms. The molecule has 6 heteroatoms. The molecule has 0 saturated heterocycles. The maximum Gasteiger partial charge on any atom is 0.411 e. The number of halogens is 3. The van der Waals surface area contributed by atoms with Gasteiger partial charge in [0.25, 0.3) is 0 Å². The van der Waals surface area contributed by atoms with Crippen LogP contribution in [0.4, 0.5) is 13.2 Å². The summed E-state index contributed by atoms with van der Waals surface area (Å²) in [5.41, 5.74) is 0. The molecule has 0 radical (unpaired) electrons. The molecule has 1 heterocycles. The Hall–Kier alpha value is -1.01. The Kier molecular flexibility index (Phi) is 5.50. The fraction of sp³-hybridized carbons (Fsp3) is 0.636. The zero-order valence-corrected chi connectivity index (χ0v) is 9.59. The van der Waals surface area contributed by atoms with Crippen LogP contribution in [0.1, 0.15) is 25.1 Å². The van der Waals surface area contributed by atoms with Gasteiger partial charge in [0.2, 0.25) is 0 Å². The van der Waals surface area contributed by atoms with Crippen molar-refractivity contribution in [1.82, 2.24) is 5.32 Å². The van der Waals surface area contributed by atoms with Crippen molar-refractivity contribution < 1.29 is 22.3 Å². The van der Waals surface area contributed by atoms with Crippen LogP contribution in [-0.2, 0) is 4.74 Å². The molecule has 0 aliphatic heterocycles. The van der Waals surface area contributed by atoms with E-state index in [1.54, 1.807) is 12.3 Å². The second kappa shape index (κ2) is 6.66. The molecule has 0 bridgehead atoms. The van der Waals surface area contributed by atoms with Gasteiger partial charge in [-0.25, -0.2) is 0 Å². The van der Waals surface area contributed by atoms with Crippen molar-refractivity contribution in [1.29, 1.82) is 0 Å². The summed E-state index contributed by atoms with van der Waals surface area (Å²) < 4.78 is 45.0. The molecular weight excluding hydrogens is 235 g/mol. The van der Waals surface area contributed by atoms with Crippen molar-refractivity contribution >= 4 is 0 Å². The van der Waals surface area contributed by atoms with Gasteiger partial charge < -0.3 is 14.5 Å². The van der Waals surface area contributed by atoms with Crippen molar-refractivity contribution in [2.75, 3.05) is 19.8 Å². The Morgan fingerprint density at radius 1 is 1.47 bits per heavy atom. The van der Waals surface area contributed by atoms with E-state index in [0.717, 1.165) is 12.2 Å². The second-order valence-corrected chi connectivity index (χ2v) is 3.60. The summed E-state index contributed by atoms with van der Waals surface area (Å²) in [7, 11) is 0. The Morgan fingerprint density at radius 2 is 2.24 bits per heavy atom. The molecule has 0 amide bonds. The number of nitrogens with one attached hydrogen (secondary N) is 1. The van der Waals surface area contributed by atoms with Gasteiger partial charge in [-0.2, -0.15) is 13.2 Å². The van der Waals surface area contributed by atoms with E-state index in [0.29, 0.717) is 6.54 Å². The predicted octanol–water partition coefficient (Wildman–Crippen LogP) is 2.90. The lowest BCUT2D eigenvalue weighted by molar-refractivity contribution is -0.173. The lowest BCUT2D eigenvalue weighted by Gasteiger charge is -2.14. The summed E-state index contributed by atoms with van der Waals surface area (Å²) in [4.78, 5) is 0. The van der Waals surface area contributed by atoms with Gasteiger partial charge in [0.15, 0.2) is 0 Å². The van der Waals surface area contributed by atoms with Gasteiger partial charge in [-0.3, -0.25) is 0 Å². The summed E-state index contributed by atoms with van der Waals surface area (Å²) in [5, 5.41) is 3.07. The van der Waals surface area contributed by atoms with Gasteiger partial charge >= 0.3 is 6.18 Å². The van der Waals surface area contributed by atoms with E-state index in [2.05, 4.69) is 10.1 Å². The standard InChI is InChI=1S/C11H16F3NO2/c1-2-9(10-4-3-6-17-10)15-5-7-16-8-11(12,13)14/h3-4,6,9,15H,2,5,7-8H2,1H3. The maximum absolute atomic E-state index is 11.8. The van der Waals surface area contributed by atoms with Crippen LogP contribution in [0, 0.1) is 0 Å². The van der Waals surface area contributed by atoms with E-state index in [1.165, 1.54) is 0 Å². The molecule has 0 fully saturated rings. The van der Waals surface area contributed by atoms with Crippen LogP contribution in [-0.4, -0.2) is 25.9 Å². The van der Waals surface area contributed by atoms with E-state index in [4.69, 9.17) is 4.42 Å². The van der Waals surface area contributed by atoms with Crippen LogP contribution in [0.15, 0.2) is 22.8 Å². The molecular formula is C11H16F3NO2. The Balaban J connectivity index is 2.17. The van der Waals surface area contributed by atoms with Gasteiger partial charge in [0.05, 0.1) is 18.9 Å². The quantitative estimate of drug-likeness (QED) is 0.757. The lowest BCUT2D eigenvalue weighted by atomic mass is 10.2. The predicted molar refractivity (Wildman–Crippen MR) is 56.6 cm³/mol. The summed E-state index contributed by atoms with van der Waals surface area (Å²) in [6.45, 7) is 1.15. The highest BCUT2D eigenvalue weighted by Gasteiger charge is 2.27. The van der Waals surface area contributed by atoms with Gasteiger partial charge in [0.1, 0.15) is 12.4 Å². The largest absolute Gasteiger partial charge is 0.468 e. The number of hydrogen-bond acceptors (Lipinski definition) is 3. The number of rotatable bonds is 7. The topological polar surface area (TPSA) is 34.4 Å². The van der Waals surface area contributed by atoms with Crippen LogP contribution in [0.3, 0.4) is 0 Å². The third-order valence-corrected chi connectivity index (χ3v) is 2.20. The zero-order chi connectivity index (χ0) is 12.7. The normalized spacial score (nSPS) is 13.9. The molecule has 1 aromatic heterocycles. The monoisotopic (exact) mass is 251 g/mol. The van der Waals surface area contributed by atoms with Crippen LogP contribution >= 0.6 is 0 Å². The highest BCUT2D eigenvalue weighted by atomic mass is 19.4. The van der Waals surface area contributed by atoms with Crippen molar-refractivity contribution in [2.45, 2.75) is 25.6 Å². The minimum atomic E-state index is -4.26. The summed E-state index contributed by atoms with van der Waals surface area (Å²) in [6.07, 6.45) is -1.89. The van der Waals surface area contributed by atoms with Gasteiger partial charge in [0, 0.05) is 6.54 Å². The van der Waals surface area contributed by atoms with Crippen LogP contribution in [0.2, 0.25) is 0 Å². The zero-order valence-electron chi connectivity index (χ0n) is 9.59. The molecule has 0 aliphatic carbocycles. The Labute approximate surface area is 97.9 Å². The summed E-state index contributed by atoms with van der Waals surface area (Å²) in [5.74, 6) is 0.781. The van der Waals surface area contributed by atoms with Crippen LogP contribution in [0.5, 0.6) is 0 Å². The van der Waals surface area contributed by atoms with Crippen LogP contribution < -0.4 is 5.32 Å². The van der Waals surface area contributed by atoms with E-state index in [9.17, 15) is 13.2 Å². The third kappa shape index (κ3) is 5.74. The minimum Gasteiger partial charge on any atom is -0.468 e. The number of alkyl halides is 3. The highest BCUT2D eigenvalue weighted by molar-refractivity contribution is 5.03. The van der Waals surface area contributed by atoms with Crippen molar-refractivity contribution in [2.24, 2.45) is 0 Å². The molecule has 1 rings (SSSR count). The fourth-order valence-electron chi connectivity index (χ4n) is 1.43. The smallest absolute Gasteiger partial charge is 0.411 e. The molecule has 1 N–H and O–H groups in total. The van der Waals surface area contributed by atoms with E-state index in [-0.39, 0.29) is 12.6 Å². The SMILES string of the molecule is CCC(NCCOCC(F)(F)F)c1ccco1. The maximum atomic E-state index is 11.8. The molecule has 17 heavy (non-hydrogen) atoms. The van der Waals surface area contributed by atoms with Crippen molar-refractivity contribution in [3.63, 3.8) is 0 Å². The van der Waals surface area contributed by atoms with Gasteiger partial charge in [-0.05, 0) is 18.6 Å². The minimum absolute atomic E-state index is 0.0134. The highest BCUT2D eigenvalue weighted by Crippen LogP contribution is 2.16. The molecule has 1 atom stereocenters. The number of furan rings is 1. The van der Waals surface area contributed by atoms with Crippen molar-refractivity contribution in [3.05, 3.63) is 24.2 Å². The molecule has 0 aromatic carbocycles. The number of ether oxygens (including phenoxy) is 1. The molecule has 3 nitrogen and oxygen atoms in total. The van der Waals surface area contributed by atoms with Crippen LogP contribution in [0.25, 0.3) is 0 Å². The summed E-state index contributed by atoms with van der Waals surface area (Å²) >= 11 is 0. The van der Waals surface area contributed by atoms with Crippen molar-refractivity contribution in [3.8, 4) is 0 Å². The first-order valence-electron chi connectivity index (χ1n) is 5.44. The molecule has 0 saturated carbocycles.